The minimum absolute atomic E-state index is 0.0964. The Morgan fingerprint density at radius 3 is 2.30 bits per heavy atom. The average molecular weight is 371 g/mol. The molecular weight excluding hydrogens is 342 g/mol. The van der Waals surface area contributed by atoms with Crippen molar-refractivity contribution in [3.05, 3.63) is 54.1 Å². The van der Waals surface area contributed by atoms with Crippen molar-refractivity contribution in [2.75, 3.05) is 19.8 Å². The van der Waals surface area contributed by atoms with Gasteiger partial charge in [0.15, 0.2) is 11.5 Å². The lowest BCUT2D eigenvalue weighted by molar-refractivity contribution is 0.0930. The SMILES string of the molecule is CCOc1cc(C(=O)NC(C)C(C)C)ccc1OCCOc1ccccc1. The third kappa shape index (κ3) is 6.51. The van der Waals surface area contributed by atoms with Gasteiger partial charge in [-0.15, -0.1) is 0 Å². The van der Waals surface area contributed by atoms with Gasteiger partial charge in [0.25, 0.3) is 5.91 Å². The summed E-state index contributed by atoms with van der Waals surface area (Å²) < 4.78 is 17.1. The monoisotopic (exact) mass is 371 g/mol. The molecule has 0 saturated heterocycles. The zero-order valence-corrected chi connectivity index (χ0v) is 16.5. The van der Waals surface area contributed by atoms with E-state index in [1.54, 1.807) is 18.2 Å². The Kier molecular flexibility index (Phi) is 7.99. The molecule has 2 rings (SSSR count). The van der Waals surface area contributed by atoms with Crippen molar-refractivity contribution >= 4 is 5.91 Å². The van der Waals surface area contributed by atoms with Crippen molar-refractivity contribution in [3.8, 4) is 17.2 Å². The Bertz CT molecular complexity index is 716. The van der Waals surface area contributed by atoms with Crippen LogP contribution in [0.15, 0.2) is 48.5 Å². The zero-order chi connectivity index (χ0) is 19.6. The predicted octanol–water partition coefficient (Wildman–Crippen LogP) is 4.32. The van der Waals surface area contributed by atoms with E-state index >= 15 is 0 Å². The molecule has 5 nitrogen and oxygen atoms in total. The highest BCUT2D eigenvalue weighted by Crippen LogP contribution is 2.28. The van der Waals surface area contributed by atoms with E-state index in [2.05, 4.69) is 19.2 Å². The van der Waals surface area contributed by atoms with Crippen LogP contribution < -0.4 is 19.5 Å². The molecule has 0 saturated carbocycles. The first-order valence-corrected chi connectivity index (χ1v) is 9.39. The lowest BCUT2D eigenvalue weighted by atomic mass is 10.1. The number of ether oxygens (including phenoxy) is 3. The van der Waals surface area contributed by atoms with Crippen molar-refractivity contribution in [1.29, 1.82) is 0 Å². The fourth-order valence-corrected chi connectivity index (χ4v) is 2.32. The van der Waals surface area contributed by atoms with Crippen molar-refractivity contribution < 1.29 is 19.0 Å². The number of nitrogens with one attached hydrogen (secondary N) is 1. The number of carbonyl (C=O) groups excluding carboxylic acids is 1. The molecule has 27 heavy (non-hydrogen) atoms. The second kappa shape index (κ2) is 10.5. The standard InChI is InChI=1S/C22H29NO4/c1-5-25-21-15-18(22(24)23-17(4)16(2)3)11-12-20(21)27-14-13-26-19-9-7-6-8-10-19/h6-12,15-17H,5,13-14H2,1-4H3,(H,23,24). The maximum Gasteiger partial charge on any atom is 0.251 e. The molecule has 0 aliphatic carbocycles. The van der Waals surface area contributed by atoms with Crippen LogP contribution in [0.25, 0.3) is 0 Å². The molecule has 1 N–H and O–H groups in total. The molecule has 0 spiro atoms. The van der Waals surface area contributed by atoms with Gasteiger partial charge in [0, 0.05) is 11.6 Å². The van der Waals surface area contributed by atoms with Crippen LogP contribution in [0.5, 0.6) is 17.2 Å². The van der Waals surface area contributed by atoms with E-state index in [1.165, 1.54) is 0 Å². The molecule has 0 aromatic heterocycles. The molecule has 1 amide bonds. The van der Waals surface area contributed by atoms with Gasteiger partial charge < -0.3 is 19.5 Å². The Hall–Kier alpha value is -2.69. The number of para-hydroxylation sites is 1. The molecular formula is C22H29NO4. The van der Waals surface area contributed by atoms with Crippen molar-refractivity contribution in [2.45, 2.75) is 33.7 Å². The predicted molar refractivity (Wildman–Crippen MR) is 107 cm³/mol. The maximum absolute atomic E-state index is 12.4. The van der Waals surface area contributed by atoms with Crippen molar-refractivity contribution in [3.63, 3.8) is 0 Å². The summed E-state index contributed by atoms with van der Waals surface area (Å²) in [5, 5.41) is 3.00. The normalized spacial score (nSPS) is 11.7. The highest BCUT2D eigenvalue weighted by Gasteiger charge is 2.15. The van der Waals surface area contributed by atoms with Gasteiger partial charge in [-0.25, -0.2) is 0 Å². The van der Waals surface area contributed by atoms with Gasteiger partial charge in [0.2, 0.25) is 0 Å². The summed E-state index contributed by atoms with van der Waals surface area (Å²) in [5.41, 5.74) is 0.554. The fraction of sp³-hybridized carbons (Fsp3) is 0.409. The lowest BCUT2D eigenvalue weighted by Gasteiger charge is -2.18. The number of rotatable bonds is 10. The zero-order valence-electron chi connectivity index (χ0n) is 16.5. The van der Waals surface area contributed by atoms with Gasteiger partial charge in [-0.05, 0) is 50.1 Å². The van der Waals surface area contributed by atoms with E-state index in [0.717, 1.165) is 5.75 Å². The van der Waals surface area contributed by atoms with E-state index in [9.17, 15) is 4.79 Å². The van der Waals surface area contributed by atoms with Gasteiger partial charge >= 0.3 is 0 Å². The minimum atomic E-state index is -0.115. The van der Waals surface area contributed by atoms with Gasteiger partial charge in [0.05, 0.1) is 6.61 Å². The molecule has 0 radical (unpaired) electrons. The molecule has 0 fully saturated rings. The summed E-state index contributed by atoms with van der Waals surface area (Å²) in [4.78, 5) is 12.4. The van der Waals surface area contributed by atoms with Crippen LogP contribution in [-0.4, -0.2) is 31.8 Å². The summed E-state index contributed by atoms with van der Waals surface area (Å²) in [5.74, 6) is 2.21. The summed E-state index contributed by atoms with van der Waals surface area (Å²) in [6.07, 6.45) is 0. The van der Waals surface area contributed by atoms with E-state index in [-0.39, 0.29) is 11.9 Å². The molecule has 0 heterocycles. The van der Waals surface area contributed by atoms with Gasteiger partial charge in [-0.2, -0.15) is 0 Å². The molecule has 2 aromatic carbocycles. The fourth-order valence-electron chi connectivity index (χ4n) is 2.32. The topological polar surface area (TPSA) is 56.8 Å². The van der Waals surface area contributed by atoms with Crippen LogP contribution in [0.4, 0.5) is 0 Å². The van der Waals surface area contributed by atoms with E-state index in [1.807, 2.05) is 44.2 Å². The minimum Gasteiger partial charge on any atom is -0.490 e. The Balaban J connectivity index is 1.96. The lowest BCUT2D eigenvalue weighted by Crippen LogP contribution is -2.36. The number of hydrogen-bond acceptors (Lipinski definition) is 4. The molecule has 1 unspecified atom stereocenters. The first-order valence-electron chi connectivity index (χ1n) is 9.39. The van der Waals surface area contributed by atoms with Crippen LogP contribution >= 0.6 is 0 Å². The van der Waals surface area contributed by atoms with Crippen LogP contribution in [-0.2, 0) is 0 Å². The van der Waals surface area contributed by atoms with E-state index < -0.39 is 0 Å². The summed E-state index contributed by atoms with van der Waals surface area (Å²) in [6, 6.07) is 14.9. The van der Waals surface area contributed by atoms with E-state index in [4.69, 9.17) is 14.2 Å². The number of benzene rings is 2. The molecule has 0 aliphatic heterocycles. The quantitative estimate of drug-likeness (QED) is 0.632. The van der Waals surface area contributed by atoms with Gasteiger partial charge in [0.1, 0.15) is 19.0 Å². The first kappa shape index (κ1) is 20.6. The molecule has 1 atom stereocenters. The average Bonchev–Trinajstić information content (AvgIpc) is 2.67. The number of carbonyl (C=O) groups is 1. The highest BCUT2D eigenvalue weighted by atomic mass is 16.5. The maximum atomic E-state index is 12.4. The summed E-state index contributed by atoms with van der Waals surface area (Å²) in [6.45, 7) is 9.33. The largest absolute Gasteiger partial charge is 0.490 e. The number of hydrogen-bond donors (Lipinski definition) is 1. The van der Waals surface area contributed by atoms with Gasteiger partial charge in [-0.3, -0.25) is 4.79 Å². The summed E-state index contributed by atoms with van der Waals surface area (Å²) >= 11 is 0. The smallest absolute Gasteiger partial charge is 0.251 e. The molecule has 0 aliphatic rings. The molecule has 5 heteroatoms. The Morgan fingerprint density at radius 1 is 0.926 bits per heavy atom. The third-order valence-electron chi connectivity index (χ3n) is 4.22. The molecule has 0 bridgehead atoms. The second-order valence-corrected chi connectivity index (χ2v) is 6.61. The van der Waals surface area contributed by atoms with Crippen LogP contribution in [0, 0.1) is 5.92 Å². The molecule has 146 valence electrons. The van der Waals surface area contributed by atoms with Gasteiger partial charge in [-0.1, -0.05) is 32.0 Å². The van der Waals surface area contributed by atoms with Crippen LogP contribution in [0.2, 0.25) is 0 Å². The van der Waals surface area contributed by atoms with Crippen molar-refractivity contribution in [1.82, 2.24) is 5.32 Å². The highest BCUT2D eigenvalue weighted by molar-refractivity contribution is 5.95. The second-order valence-electron chi connectivity index (χ2n) is 6.61. The van der Waals surface area contributed by atoms with E-state index in [0.29, 0.717) is 42.8 Å². The summed E-state index contributed by atoms with van der Waals surface area (Å²) in [7, 11) is 0. The first-order chi connectivity index (χ1) is 13.0. The molecule has 2 aromatic rings. The van der Waals surface area contributed by atoms with Crippen LogP contribution in [0.1, 0.15) is 38.1 Å². The van der Waals surface area contributed by atoms with Crippen molar-refractivity contribution in [2.24, 2.45) is 5.92 Å². The Labute approximate surface area is 161 Å². The third-order valence-corrected chi connectivity index (χ3v) is 4.22. The Morgan fingerprint density at radius 2 is 1.63 bits per heavy atom. The van der Waals surface area contributed by atoms with Crippen LogP contribution in [0.3, 0.4) is 0 Å². The number of amides is 1.